The van der Waals surface area contributed by atoms with Gasteiger partial charge in [0.2, 0.25) is 11.8 Å². The summed E-state index contributed by atoms with van der Waals surface area (Å²) >= 11 is 0. The van der Waals surface area contributed by atoms with Crippen molar-refractivity contribution in [1.82, 2.24) is 10.6 Å². The van der Waals surface area contributed by atoms with Crippen LogP contribution in [-0.4, -0.2) is 45.3 Å². The summed E-state index contributed by atoms with van der Waals surface area (Å²) in [6, 6.07) is -0.939. The van der Waals surface area contributed by atoms with Crippen LogP contribution in [0.2, 0.25) is 0 Å². The minimum absolute atomic E-state index is 0.443. The number of rotatable bonds is 10. The van der Waals surface area contributed by atoms with Crippen molar-refractivity contribution in [2.45, 2.75) is 104 Å². The zero-order valence-electron chi connectivity index (χ0n) is 17.2. The number of carbonyl (C=O) groups is 2. The molecule has 0 aliphatic carbocycles. The maximum Gasteiger partial charge on any atom is 0.235 e. The lowest BCUT2D eigenvalue weighted by Crippen LogP contribution is -2.59. The largest absolute Gasteiger partial charge is 0.388 e. The molecule has 148 valence electrons. The van der Waals surface area contributed by atoms with Crippen molar-refractivity contribution < 1.29 is 19.8 Å². The third-order valence-electron chi connectivity index (χ3n) is 5.89. The molecule has 0 aliphatic rings. The number of nitrogens with one attached hydrogen (secondary N) is 2. The Hall–Kier alpha value is -1.14. The highest BCUT2D eigenvalue weighted by atomic mass is 16.3. The van der Waals surface area contributed by atoms with Crippen LogP contribution in [0.3, 0.4) is 0 Å². The number of carbonyl (C=O) groups excluding carboxylic acids is 2. The topological polar surface area (TPSA) is 98.7 Å². The zero-order valence-corrected chi connectivity index (χ0v) is 17.2. The molecule has 0 aromatic carbocycles. The molecule has 2 atom stereocenters. The average Bonchev–Trinajstić information content (AvgIpc) is 2.59. The van der Waals surface area contributed by atoms with Crippen LogP contribution in [0.4, 0.5) is 0 Å². The number of amides is 2. The Kier molecular flexibility index (Phi) is 8.58. The second kappa shape index (κ2) is 8.99. The summed E-state index contributed by atoms with van der Waals surface area (Å²) in [7, 11) is 0. The highest BCUT2D eigenvalue weighted by Crippen LogP contribution is 2.24. The predicted octanol–water partition coefficient (Wildman–Crippen LogP) is 2.12. The molecule has 0 unspecified atom stereocenters. The van der Waals surface area contributed by atoms with Crippen LogP contribution >= 0.6 is 0 Å². The van der Waals surface area contributed by atoms with Gasteiger partial charge >= 0.3 is 0 Å². The van der Waals surface area contributed by atoms with Gasteiger partial charge in [-0.05, 0) is 53.4 Å². The first-order valence-electron chi connectivity index (χ1n) is 9.41. The van der Waals surface area contributed by atoms with Gasteiger partial charge in [-0.15, -0.1) is 0 Å². The molecule has 0 aromatic heterocycles. The van der Waals surface area contributed by atoms with Gasteiger partial charge in [0.05, 0.1) is 23.3 Å². The maximum absolute atomic E-state index is 12.6. The molecule has 0 aliphatic heterocycles. The second-order valence-electron chi connectivity index (χ2n) is 7.64. The Bertz CT molecular complexity index is 414. The van der Waals surface area contributed by atoms with Gasteiger partial charge < -0.3 is 20.8 Å². The van der Waals surface area contributed by atoms with Crippen molar-refractivity contribution >= 4 is 11.8 Å². The minimum atomic E-state index is -1.31. The average molecular weight is 359 g/mol. The number of aliphatic hydroxyl groups is 2. The quantitative estimate of drug-likeness (QED) is 0.450. The van der Waals surface area contributed by atoms with Crippen molar-refractivity contribution in [3.8, 4) is 0 Å². The van der Waals surface area contributed by atoms with E-state index >= 15 is 0 Å². The van der Waals surface area contributed by atoms with Crippen LogP contribution in [-0.2, 0) is 9.59 Å². The molecule has 0 saturated heterocycles. The van der Waals surface area contributed by atoms with Crippen LogP contribution < -0.4 is 10.6 Å². The van der Waals surface area contributed by atoms with E-state index in [1.165, 1.54) is 0 Å². The summed E-state index contributed by atoms with van der Waals surface area (Å²) < 4.78 is 0. The van der Waals surface area contributed by atoms with Crippen molar-refractivity contribution in [1.29, 1.82) is 0 Å². The molecule has 0 spiro atoms. The van der Waals surface area contributed by atoms with Crippen molar-refractivity contribution in [2.24, 2.45) is 5.41 Å². The highest BCUT2D eigenvalue weighted by Gasteiger charge is 2.42. The van der Waals surface area contributed by atoms with Crippen LogP contribution in [0.25, 0.3) is 0 Å². The monoisotopic (exact) mass is 358 g/mol. The Morgan fingerprint density at radius 1 is 0.760 bits per heavy atom. The van der Waals surface area contributed by atoms with Gasteiger partial charge in [0.15, 0.2) is 0 Å². The highest BCUT2D eigenvalue weighted by molar-refractivity contribution is 6.04. The molecule has 2 amide bonds. The lowest BCUT2D eigenvalue weighted by Gasteiger charge is -2.37. The molecular weight excluding hydrogens is 320 g/mol. The Labute approximate surface area is 152 Å². The molecule has 0 bridgehead atoms. The molecular formula is C19H38N2O4. The van der Waals surface area contributed by atoms with E-state index in [-0.39, 0.29) is 0 Å². The first-order valence-corrected chi connectivity index (χ1v) is 9.41. The van der Waals surface area contributed by atoms with Crippen molar-refractivity contribution in [3.05, 3.63) is 0 Å². The van der Waals surface area contributed by atoms with Crippen molar-refractivity contribution in [2.75, 3.05) is 0 Å². The molecule has 0 rings (SSSR count). The SMILES string of the molecule is CCC(O)(CC)[C@@H](C)NC(=O)C(C)(C)C(=O)N[C@H](C)C(O)(CC)CC. The number of hydrogen-bond acceptors (Lipinski definition) is 4. The van der Waals surface area contributed by atoms with Gasteiger partial charge in [-0.1, -0.05) is 27.7 Å². The lowest BCUT2D eigenvalue weighted by molar-refractivity contribution is -0.144. The van der Waals surface area contributed by atoms with Crippen LogP contribution in [0.1, 0.15) is 81.1 Å². The molecule has 0 heterocycles. The Morgan fingerprint density at radius 3 is 1.20 bits per heavy atom. The normalized spacial score (nSPS) is 15.4. The third-order valence-corrected chi connectivity index (χ3v) is 5.89. The lowest BCUT2D eigenvalue weighted by atomic mass is 9.85. The van der Waals surface area contributed by atoms with Gasteiger partial charge in [0.1, 0.15) is 5.41 Å². The smallest absolute Gasteiger partial charge is 0.235 e. The zero-order chi connectivity index (χ0) is 20.1. The fourth-order valence-electron chi connectivity index (χ4n) is 2.85. The van der Waals surface area contributed by atoms with E-state index in [0.717, 1.165) is 0 Å². The summed E-state index contributed by atoms with van der Waals surface area (Å²) in [5.74, 6) is -0.886. The first-order chi connectivity index (χ1) is 11.3. The van der Waals surface area contributed by atoms with E-state index in [1.54, 1.807) is 27.7 Å². The second-order valence-corrected chi connectivity index (χ2v) is 7.64. The first kappa shape index (κ1) is 23.9. The Balaban J connectivity index is 5.11. The maximum atomic E-state index is 12.6. The van der Waals surface area contributed by atoms with Gasteiger partial charge in [-0.2, -0.15) is 0 Å². The molecule has 6 heteroatoms. The summed E-state index contributed by atoms with van der Waals surface area (Å²) in [6.45, 7) is 14.0. The predicted molar refractivity (Wildman–Crippen MR) is 100 cm³/mol. The number of hydrogen-bond donors (Lipinski definition) is 4. The molecule has 0 saturated carbocycles. The van der Waals surface area contributed by atoms with E-state index in [4.69, 9.17) is 0 Å². The van der Waals surface area contributed by atoms with Gasteiger partial charge in [-0.25, -0.2) is 0 Å². The van der Waals surface area contributed by atoms with Gasteiger partial charge in [0, 0.05) is 0 Å². The summed E-state index contributed by atoms with van der Waals surface area (Å²) in [6.07, 6.45) is 2.03. The molecule has 0 fully saturated rings. The van der Waals surface area contributed by atoms with E-state index in [9.17, 15) is 19.8 Å². The third kappa shape index (κ3) is 5.42. The fourth-order valence-corrected chi connectivity index (χ4v) is 2.85. The van der Waals surface area contributed by atoms with Crippen LogP contribution in [0, 0.1) is 5.41 Å². The standard InChI is InChI=1S/C19H38N2O4/c1-9-18(24,10-2)13(5)20-15(22)17(7,8)16(23)21-14(6)19(25,11-3)12-4/h13-14,24-25H,9-12H2,1-8H3,(H,20,22)(H,21,23)/t13-,14-/m1/s1. The fraction of sp³-hybridized carbons (Fsp3) is 0.895. The van der Waals surface area contributed by atoms with E-state index in [0.29, 0.717) is 25.7 Å². The summed E-state index contributed by atoms with van der Waals surface area (Å²) in [4.78, 5) is 25.2. The summed E-state index contributed by atoms with van der Waals surface area (Å²) in [5, 5.41) is 26.6. The molecule has 6 nitrogen and oxygen atoms in total. The van der Waals surface area contributed by atoms with E-state index in [1.807, 2.05) is 27.7 Å². The van der Waals surface area contributed by atoms with Crippen molar-refractivity contribution in [3.63, 3.8) is 0 Å². The molecule has 4 N–H and O–H groups in total. The van der Waals surface area contributed by atoms with Gasteiger partial charge in [0.25, 0.3) is 0 Å². The van der Waals surface area contributed by atoms with Crippen LogP contribution in [0.5, 0.6) is 0 Å². The Morgan fingerprint density at radius 2 is 1.00 bits per heavy atom. The molecule has 25 heavy (non-hydrogen) atoms. The van der Waals surface area contributed by atoms with E-state index < -0.39 is 40.5 Å². The van der Waals surface area contributed by atoms with Crippen LogP contribution in [0.15, 0.2) is 0 Å². The summed E-state index contributed by atoms with van der Waals surface area (Å²) in [5.41, 5.74) is -3.31. The van der Waals surface area contributed by atoms with Gasteiger partial charge in [-0.3, -0.25) is 9.59 Å². The van der Waals surface area contributed by atoms with E-state index in [2.05, 4.69) is 10.6 Å². The minimum Gasteiger partial charge on any atom is -0.388 e. The molecule has 0 radical (unpaired) electrons. The molecule has 0 aromatic rings.